The van der Waals surface area contributed by atoms with Crippen molar-refractivity contribution in [3.63, 3.8) is 0 Å². The molecule has 1 aromatic carbocycles. The van der Waals surface area contributed by atoms with Gasteiger partial charge in [0.1, 0.15) is 12.4 Å². The zero-order valence-corrected chi connectivity index (χ0v) is 14.1. The quantitative estimate of drug-likeness (QED) is 0.631. The van der Waals surface area contributed by atoms with Gasteiger partial charge >= 0.3 is 5.69 Å². The van der Waals surface area contributed by atoms with Gasteiger partial charge in [0, 0.05) is 12.6 Å². The highest BCUT2D eigenvalue weighted by Crippen LogP contribution is 2.27. The normalized spacial score (nSPS) is 22.6. The molecule has 0 bridgehead atoms. The predicted octanol–water partition coefficient (Wildman–Crippen LogP) is 1.61. The number of β-amino-alcohol motifs (C(OH)–C–C–N with tert-alkyl or cyclic N) is 1. The lowest BCUT2D eigenvalue weighted by Crippen LogP contribution is -2.49. The molecule has 1 aliphatic rings. The predicted molar refractivity (Wildman–Crippen MR) is 91.1 cm³/mol. The lowest BCUT2D eigenvalue weighted by atomic mass is 10.0. The summed E-state index contributed by atoms with van der Waals surface area (Å²) in [4.78, 5) is 12.5. The summed E-state index contributed by atoms with van der Waals surface area (Å²) in [6, 6.07) is 10.3. The number of benzene rings is 1. The first-order valence-electron chi connectivity index (χ1n) is 8.28. The Kier molecular flexibility index (Phi) is 5.42. The molecular formula is C17H22N4O4. The van der Waals surface area contributed by atoms with Crippen molar-refractivity contribution in [3.8, 4) is 0 Å². The van der Waals surface area contributed by atoms with Crippen molar-refractivity contribution in [2.45, 2.75) is 31.7 Å². The van der Waals surface area contributed by atoms with Gasteiger partial charge in [0.15, 0.2) is 0 Å². The molecule has 8 heteroatoms. The molecule has 0 aliphatic carbocycles. The first-order valence-corrected chi connectivity index (χ1v) is 8.28. The number of nitrogens with zero attached hydrogens (tertiary/aromatic N) is 4. The molecule has 0 saturated carbocycles. The molecule has 134 valence electrons. The second-order valence-corrected chi connectivity index (χ2v) is 6.34. The fourth-order valence-electron chi connectivity index (χ4n) is 3.18. The molecule has 1 fully saturated rings. The highest BCUT2D eigenvalue weighted by Gasteiger charge is 2.31. The van der Waals surface area contributed by atoms with Gasteiger partial charge in [-0.1, -0.05) is 30.3 Å². The van der Waals surface area contributed by atoms with Crippen LogP contribution in [0.25, 0.3) is 0 Å². The number of aliphatic hydroxyl groups is 1. The highest BCUT2D eigenvalue weighted by molar-refractivity contribution is 5.21. The van der Waals surface area contributed by atoms with Crippen molar-refractivity contribution in [1.82, 2.24) is 14.7 Å². The van der Waals surface area contributed by atoms with Crippen LogP contribution in [0.3, 0.4) is 0 Å². The molecule has 1 aromatic heterocycles. The first kappa shape index (κ1) is 17.5. The van der Waals surface area contributed by atoms with Crippen molar-refractivity contribution in [2.75, 3.05) is 19.8 Å². The van der Waals surface area contributed by atoms with Gasteiger partial charge in [-0.3, -0.25) is 19.7 Å². The van der Waals surface area contributed by atoms with Crippen molar-refractivity contribution >= 4 is 5.69 Å². The Morgan fingerprint density at radius 2 is 2.12 bits per heavy atom. The first-order chi connectivity index (χ1) is 12.0. The summed E-state index contributed by atoms with van der Waals surface area (Å²) in [6.45, 7) is 3.91. The minimum atomic E-state index is -0.689. The Hall–Kier alpha value is -2.29. The van der Waals surface area contributed by atoms with Gasteiger partial charge in [0.25, 0.3) is 0 Å². The topological polar surface area (TPSA) is 93.7 Å². The monoisotopic (exact) mass is 346 g/mol. The molecule has 25 heavy (non-hydrogen) atoms. The average Bonchev–Trinajstić information content (AvgIpc) is 3.06. The van der Waals surface area contributed by atoms with Crippen LogP contribution in [0.2, 0.25) is 0 Å². The molecule has 8 nitrogen and oxygen atoms in total. The van der Waals surface area contributed by atoms with E-state index >= 15 is 0 Å². The average molecular weight is 346 g/mol. The van der Waals surface area contributed by atoms with Gasteiger partial charge in [-0.25, -0.2) is 0 Å². The summed E-state index contributed by atoms with van der Waals surface area (Å²) in [5.74, 6) is 0. The highest BCUT2D eigenvalue weighted by atomic mass is 16.6. The zero-order valence-electron chi connectivity index (χ0n) is 14.1. The van der Waals surface area contributed by atoms with E-state index in [0.717, 1.165) is 5.56 Å². The van der Waals surface area contributed by atoms with Crippen LogP contribution in [0, 0.1) is 10.1 Å². The van der Waals surface area contributed by atoms with Crippen molar-refractivity contribution in [2.24, 2.45) is 0 Å². The maximum absolute atomic E-state index is 10.7. The van der Waals surface area contributed by atoms with E-state index in [0.29, 0.717) is 19.8 Å². The second-order valence-electron chi connectivity index (χ2n) is 6.34. The summed E-state index contributed by atoms with van der Waals surface area (Å²) in [7, 11) is 0. The van der Waals surface area contributed by atoms with Gasteiger partial charge in [-0.15, -0.1) is 0 Å². The molecular weight excluding hydrogens is 324 g/mol. The summed E-state index contributed by atoms with van der Waals surface area (Å²) < 4.78 is 7.10. The molecule has 2 heterocycles. The van der Waals surface area contributed by atoms with E-state index in [4.69, 9.17) is 4.74 Å². The summed E-state index contributed by atoms with van der Waals surface area (Å²) in [5.41, 5.74) is 1.07. The molecule has 1 N–H and O–H groups in total. The van der Waals surface area contributed by atoms with Crippen molar-refractivity contribution < 1.29 is 14.8 Å². The van der Waals surface area contributed by atoms with E-state index in [1.54, 1.807) is 0 Å². The van der Waals surface area contributed by atoms with Gasteiger partial charge in [-0.2, -0.15) is 5.10 Å². The third-order valence-corrected chi connectivity index (χ3v) is 4.44. The Morgan fingerprint density at radius 1 is 1.36 bits per heavy atom. The Labute approximate surface area is 145 Å². The van der Waals surface area contributed by atoms with Gasteiger partial charge in [-0.05, 0) is 12.5 Å². The molecule has 2 aromatic rings. The van der Waals surface area contributed by atoms with Crippen LogP contribution in [-0.4, -0.2) is 56.6 Å². The van der Waals surface area contributed by atoms with Crippen LogP contribution in [0.4, 0.5) is 5.69 Å². The summed E-state index contributed by atoms with van der Waals surface area (Å²) in [6.07, 6.45) is 1.84. The number of morpholine rings is 1. The van der Waals surface area contributed by atoms with Crippen LogP contribution in [0.1, 0.15) is 18.5 Å². The molecule has 3 rings (SSSR count). The van der Waals surface area contributed by atoms with Crippen molar-refractivity contribution in [1.29, 1.82) is 0 Å². The smallest absolute Gasteiger partial charge is 0.306 e. The number of aromatic nitrogens is 2. The largest absolute Gasteiger partial charge is 0.390 e. The lowest BCUT2D eigenvalue weighted by molar-refractivity contribution is -0.385. The number of hydrogen-bond acceptors (Lipinski definition) is 6. The summed E-state index contributed by atoms with van der Waals surface area (Å²) in [5, 5.41) is 25.1. The zero-order chi connectivity index (χ0) is 17.8. The Morgan fingerprint density at radius 3 is 2.80 bits per heavy atom. The lowest BCUT2D eigenvalue weighted by Gasteiger charge is -2.41. The van der Waals surface area contributed by atoms with E-state index in [1.807, 2.05) is 18.2 Å². The maximum atomic E-state index is 10.7. The minimum absolute atomic E-state index is 0.0749. The molecule has 0 radical (unpaired) electrons. The Bertz CT molecular complexity index is 706. The van der Waals surface area contributed by atoms with E-state index in [1.165, 1.54) is 17.1 Å². The van der Waals surface area contributed by atoms with E-state index in [-0.39, 0.29) is 24.3 Å². The fourth-order valence-corrected chi connectivity index (χ4v) is 3.18. The van der Waals surface area contributed by atoms with Gasteiger partial charge < -0.3 is 9.84 Å². The number of nitro groups is 1. The van der Waals surface area contributed by atoms with Gasteiger partial charge in [0.2, 0.25) is 0 Å². The van der Waals surface area contributed by atoms with Crippen LogP contribution in [0.15, 0.2) is 42.7 Å². The molecule has 1 unspecified atom stereocenters. The number of aliphatic hydroxyl groups excluding tert-OH is 1. The molecule has 0 spiro atoms. The third kappa shape index (κ3) is 4.22. The number of hydrogen-bond donors (Lipinski definition) is 1. The molecule has 1 aliphatic heterocycles. The fraction of sp³-hybridized carbons (Fsp3) is 0.471. The number of rotatable bonds is 6. The second kappa shape index (κ2) is 7.73. The van der Waals surface area contributed by atoms with Crippen LogP contribution < -0.4 is 0 Å². The van der Waals surface area contributed by atoms with Crippen LogP contribution in [0.5, 0.6) is 0 Å². The third-order valence-electron chi connectivity index (χ3n) is 4.44. The van der Waals surface area contributed by atoms with E-state index in [9.17, 15) is 15.2 Å². The maximum Gasteiger partial charge on any atom is 0.306 e. The SMILES string of the molecule is C[C@@H]1COC[C@H](c2ccccc2)N1CC(O)Cn1cc([N+](=O)[O-])cn1. The van der Waals surface area contributed by atoms with E-state index in [2.05, 4.69) is 29.1 Å². The minimum Gasteiger partial charge on any atom is -0.390 e. The standard InChI is InChI=1S/C17H22N4O4/c1-13-11-25-12-17(14-5-3-2-4-6-14)20(13)10-16(22)9-19-8-15(7-18-19)21(23)24/h2-8,13,16-17,22H,9-12H2,1H3/t13-,16?,17-/m1/s1. The molecule has 0 amide bonds. The van der Waals surface area contributed by atoms with Gasteiger partial charge in [0.05, 0.1) is 36.8 Å². The van der Waals surface area contributed by atoms with E-state index < -0.39 is 11.0 Å². The molecule has 1 saturated heterocycles. The summed E-state index contributed by atoms with van der Waals surface area (Å²) >= 11 is 0. The molecule has 3 atom stereocenters. The number of ether oxygens (including phenoxy) is 1. The van der Waals surface area contributed by atoms with Crippen LogP contribution >= 0.6 is 0 Å². The Balaban J connectivity index is 1.68. The van der Waals surface area contributed by atoms with Crippen molar-refractivity contribution in [3.05, 3.63) is 58.4 Å². The van der Waals surface area contributed by atoms with Crippen LogP contribution in [-0.2, 0) is 11.3 Å².